The van der Waals surface area contributed by atoms with Gasteiger partial charge in [-0.3, -0.25) is 9.69 Å². The van der Waals surface area contributed by atoms with E-state index in [1.807, 2.05) is 32.1 Å². The van der Waals surface area contributed by atoms with Gasteiger partial charge in [-0.15, -0.1) is 0 Å². The lowest BCUT2D eigenvalue weighted by Crippen LogP contribution is -2.46. The van der Waals surface area contributed by atoms with Crippen LogP contribution in [0.25, 0.3) is 0 Å². The molecule has 4 atom stereocenters. The van der Waals surface area contributed by atoms with Gasteiger partial charge in [-0.25, -0.2) is 4.79 Å². The van der Waals surface area contributed by atoms with Gasteiger partial charge in [0.1, 0.15) is 5.76 Å². The summed E-state index contributed by atoms with van der Waals surface area (Å²) in [5, 5.41) is 11.7. The van der Waals surface area contributed by atoms with Crippen LogP contribution in [-0.4, -0.2) is 86.0 Å². The lowest BCUT2D eigenvalue weighted by atomic mass is 9.87. The molecule has 3 aliphatic rings. The van der Waals surface area contributed by atoms with E-state index in [9.17, 15) is 14.7 Å². The first kappa shape index (κ1) is 33.8. The summed E-state index contributed by atoms with van der Waals surface area (Å²) in [6, 6.07) is 3.89. The van der Waals surface area contributed by atoms with Gasteiger partial charge in [-0.2, -0.15) is 0 Å². The fourth-order valence-corrected chi connectivity index (χ4v) is 6.11. The Bertz CT molecular complexity index is 1230. The molecule has 0 saturated heterocycles. The molecule has 44 heavy (non-hydrogen) atoms. The molecular weight excluding hydrogens is 566 g/mol. The van der Waals surface area contributed by atoms with E-state index in [4.69, 9.17) is 28.4 Å². The van der Waals surface area contributed by atoms with Crippen molar-refractivity contribution in [3.63, 3.8) is 0 Å². The summed E-state index contributed by atoms with van der Waals surface area (Å²) in [6.07, 6.45) is 8.72. The largest absolute Gasteiger partial charge is 0.497 e. The number of hydrogen-bond donors (Lipinski definition) is 1. The molecule has 0 amide bonds. The number of esters is 2. The van der Waals surface area contributed by atoms with Crippen molar-refractivity contribution in [1.82, 2.24) is 4.90 Å². The fraction of sp³-hybridized carbons (Fsp3) is 0.647. The Labute approximate surface area is 261 Å². The zero-order chi connectivity index (χ0) is 31.9. The minimum absolute atomic E-state index is 0.106. The van der Waals surface area contributed by atoms with E-state index in [0.29, 0.717) is 23.9 Å². The molecule has 2 heterocycles. The summed E-state index contributed by atoms with van der Waals surface area (Å²) in [5.41, 5.74) is -0.701. The van der Waals surface area contributed by atoms with Crippen LogP contribution in [0.15, 0.2) is 36.1 Å². The molecule has 1 aromatic carbocycles. The number of carbonyl (C=O) groups is 2. The van der Waals surface area contributed by atoms with Crippen LogP contribution in [0.5, 0.6) is 11.5 Å². The quantitative estimate of drug-likeness (QED) is 0.167. The fourth-order valence-electron chi connectivity index (χ4n) is 6.11. The van der Waals surface area contributed by atoms with Crippen LogP contribution in [0.1, 0.15) is 83.3 Å². The zero-order valence-corrected chi connectivity index (χ0v) is 27.1. The van der Waals surface area contributed by atoms with Gasteiger partial charge in [0.25, 0.3) is 0 Å². The molecule has 1 aromatic rings. The highest BCUT2D eigenvalue weighted by atomic mass is 16.7. The number of hydrogen-bond acceptors (Lipinski definition) is 10. The SMILES string of the molecule is CCCCOC(C)(C)/C=C/C[C@@](O)(CC(=O)OC)C(=O)O[C@@H]1C(OC)=C[C@H]2[C@@H]1c1cc3c(cc1CCN2CCCC)OCO3. The maximum absolute atomic E-state index is 13.9. The Morgan fingerprint density at radius 2 is 1.84 bits per heavy atom. The number of methoxy groups -OCH3 is 2. The summed E-state index contributed by atoms with van der Waals surface area (Å²) < 4.78 is 34.2. The summed E-state index contributed by atoms with van der Waals surface area (Å²) >= 11 is 0. The molecular formula is C34H49NO9. The molecule has 0 aromatic heterocycles. The van der Waals surface area contributed by atoms with Crippen LogP contribution in [-0.2, 0) is 35.0 Å². The van der Waals surface area contributed by atoms with Crippen molar-refractivity contribution in [3.05, 3.63) is 47.2 Å². The van der Waals surface area contributed by atoms with E-state index >= 15 is 0 Å². The number of fused-ring (bicyclic) bond motifs is 4. The average Bonchev–Trinajstić information content (AvgIpc) is 3.56. The molecule has 0 bridgehead atoms. The molecule has 1 aliphatic carbocycles. The number of nitrogens with zero attached hydrogens (tertiary/aromatic N) is 1. The summed E-state index contributed by atoms with van der Waals surface area (Å²) in [7, 11) is 2.78. The Hall–Kier alpha value is -3.08. The second-order valence-electron chi connectivity index (χ2n) is 12.4. The highest BCUT2D eigenvalue weighted by Crippen LogP contribution is 2.47. The summed E-state index contributed by atoms with van der Waals surface area (Å²) in [6.45, 7) is 10.5. The molecule has 0 spiro atoms. The minimum Gasteiger partial charge on any atom is -0.497 e. The predicted octanol–water partition coefficient (Wildman–Crippen LogP) is 4.82. The Morgan fingerprint density at radius 3 is 2.52 bits per heavy atom. The van der Waals surface area contributed by atoms with E-state index < -0.39 is 35.7 Å². The topological polar surface area (TPSA) is 113 Å². The molecule has 2 aliphatic heterocycles. The number of rotatable bonds is 15. The second-order valence-corrected chi connectivity index (χ2v) is 12.4. The maximum atomic E-state index is 13.9. The van der Waals surface area contributed by atoms with Gasteiger partial charge in [0, 0.05) is 31.5 Å². The molecule has 0 radical (unpaired) electrons. The van der Waals surface area contributed by atoms with Crippen molar-refractivity contribution in [2.24, 2.45) is 0 Å². The summed E-state index contributed by atoms with van der Waals surface area (Å²) in [5.74, 6) is -0.103. The van der Waals surface area contributed by atoms with Crippen LogP contribution in [0, 0.1) is 0 Å². The third-order valence-corrected chi connectivity index (χ3v) is 8.65. The van der Waals surface area contributed by atoms with E-state index in [-0.39, 0.29) is 25.2 Å². The normalized spacial score (nSPS) is 22.5. The van der Waals surface area contributed by atoms with Crippen molar-refractivity contribution in [3.8, 4) is 11.5 Å². The van der Waals surface area contributed by atoms with E-state index in [0.717, 1.165) is 56.3 Å². The molecule has 0 saturated carbocycles. The number of aliphatic hydroxyl groups is 1. The van der Waals surface area contributed by atoms with Crippen LogP contribution in [0.2, 0.25) is 0 Å². The second kappa shape index (κ2) is 14.8. The van der Waals surface area contributed by atoms with E-state index in [1.54, 1.807) is 19.3 Å². The Kier molecular flexibility index (Phi) is 11.4. The maximum Gasteiger partial charge on any atom is 0.339 e. The van der Waals surface area contributed by atoms with Gasteiger partial charge in [-0.05, 0) is 69.0 Å². The van der Waals surface area contributed by atoms with Crippen LogP contribution in [0.4, 0.5) is 0 Å². The van der Waals surface area contributed by atoms with Crippen molar-refractivity contribution in [2.45, 2.75) is 102 Å². The smallest absolute Gasteiger partial charge is 0.339 e. The van der Waals surface area contributed by atoms with Crippen LogP contribution < -0.4 is 9.47 Å². The highest BCUT2D eigenvalue weighted by molar-refractivity contribution is 5.86. The standard InChI is InChI=1S/C34H49NO9/c1-7-9-15-35-16-12-23-18-26-27(42-22-41-26)19-24(23)30-25(35)20-28(39-5)31(30)44-32(37)34(38,21-29(36)40-6)14-11-13-33(3,4)43-17-10-8-2/h11,13,18-20,25,30-31,38H,7-10,12,14-17,21-22H2,1-6H3/b13-11+/t25-,30-,31+,34+/m0/s1. The first-order valence-corrected chi connectivity index (χ1v) is 15.8. The first-order chi connectivity index (χ1) is 21.1. The van der Waals surface area contributed by atoms with Gasteiger partial charge < -0.3 is 33.5 Å². The average molecular weight is 616 g/mol. The Balaban J connectivity index is 1.64. The number of benzene rings is 1. The number of carbonyl (C=O) groups excluding carboxylic acids is 2. The third kappa shape index (κ3) is 7.76. The van der Waals surface area contributed by atoms with Gasteiger partial charge in [0.15, 0.2) is 23.2 Å². The van der Waals surface area contributed by atoms with E-state index in [2.05, 4.69) is 18.7 Å². The minimum atomic E-state index is -2.16. The molecule has 244 valence electrons. The van der Waals surface area contributed by atoms with E-state index in [1.165, 1.54) is 7.11 Å². The van der Waals surface area contributed by atoms with Crippen molar-refractivity contribution < 1.29 is 43.1 Å². The Morgan fingerprint density at radius 1 is 1.11 bits per heavy atom. The molecule has 0 fully saturated rings. The number of ether oxygens (including phenoxy) is 6. The molecule has 4 rings (SSSR count). The molecule has 10 heteroatoms. The lowest BCUT2D eigenvalue weighted by Gasteiger charge is -2.33. The number of unbranched alkanes of at least 4 members (excludes halogenated alkanes) is 2. The third-order valence-electron chi connectivity index (χ3n) is 8.65. The molecule has 0 unspecified atom stereocenters. The van der Waals surface area contributed by atoms with Crippen LogP contribution in [0.3, 0.4) is 0 Å². The zero-order valence-electron chi connectivity index (χ0n) is 27.1. The van der Waals surface area contributed by atoms with Gasteiger partial charge >= 0.3 is 11.9 Å². The molecule has 1 N–H and O–H groups in total. The predicted molar refractivity (Wildman–Crippen MR) is 165 cm³/mol. The lowest BCUT2D eigenvalue weighted by molar-refractivity contribution is -0.176. The monoisotopic (exact) mass is 615 g/mol. The van der Waals surface area contributed by atoms with Gasteiger partial charge in [0.05, 0.1) is 26.2 Å². The van der Waals surface area contributed by atoms with Gasteiger partial charge in [0.2, 0.25) is 6.79 Å². The van der Waals surface area contributed by atoms with Crippen molar-refractivity contribution >= 4 is 11.9 Å². The van der Waals surface area contributed by atoms with Crippen LogP contribution >= 0.6 is 0 Å². The first-order valence-electron chi connectivity index (χ1n) is 15.8. The van der Waals surface area contributed by atoms with Gasteiger partial charge in [-0.1, -0.05) is 38.8 Å². The summed E-state index contributed by atoms with van der Waals surface area (Å²) in [4.78, 5) is 28.7. The van der Waals surface area contributed by atoms with Crippen molar-refractivity contribution in [1.29, 1.82) is 0 Å². The highest BCUT2D eigenvalue weighted by Gasteiger charge is 2.49. The van der Waals surface area contributed by atoms with Crippen molar-refractivity contribution in [2.75, 3.05) is 40.7 Å². The molecule has 10 nitrogen and oxygen atoms in total.